The fraction of sp³-hybridized carbons (Fsp3) is 0.600. The molecule has 0 radical (unpaired) electrons. The highest BCUT2D eigenvalue weighted by Gasteiger charge is 2.12. The van der Waals surface area contributed by atoms with Crippen LogP contribution in [0.2, 0.25) is 5.15 Å². The molecule has 21 heavy (non-hydrogen) atoms. The van der Waals surface area contributed by atoms with E-state index in [1.807, 2.05) is 6.92 Å². The highest BCUT2D eigenvalue weighted by Crippen LogP contribution is 2.18. The Morgan fingerprint density at radius 1 is 1.19 bits per heavy atom. The minimum absolute atomic E-state index is 0.173. The van der Waals surface area contributed by atoms with Gasteiger partial charge in [0.05, 0.1) is 5.56 Å². The Morgan fingerprint density at radius 2 is 1.86 bits per heavy atom. The van der Waals surface area contributed by atoms with Crippen LogP contribution in [-0.2, 0) is 0 Å². The molecule has 0 atom stereocenters. The monoisotopic (exact) mass is 313 g/mol. The first-order valence-corrected chi connectivity index (χ1v) is 7.77. The van der Waals surface area contributed by atoms with Crippen molar-refractivity contribution >= 4 is 23.4 Å². The number of carbonyl (C=O) groups is 1. The predicted octanol–water partition coefficient (Wildman–Crippen LogP) is 2.99. The van der Waals surface area contributed by atoms with E-state index in [1.54, 1.807) is 6.07 Å². The molecule has 1 aromatic heterocycles. The number of hydrogen-bond donors (Lipinski definition) is 1. The molecule has 118 valence electrons. The molecule has 1 aromatic rings. The molecule has 0 aliphatic heterocycles. The fourth-order valence-corrected chi connectivity index (χ4v) is 2.43. The fourth-order valence-electron chi connectivity index (χ4n) is 2.23. The van der Waals surface area contributed by atoms with Crippen LogP contribution in [0.25, 0.3) is 0 Å². The van der Waals surface area contributed by atoms with Crippen LogP contribution in [0.1, 0.15) is 37.6 Å². The lowest BCUT2D eigenvalue weighted by Gasteiger charge is -2.24. The number of aromatic nitrogens is 1. The Balaban J connectivity index is 2.73. The highest BCUT2D eigenvalue weighted by atomic mass is 35.5. The topological polar surface area (TPSA) is 56.7 Å². The van der Waals surface area contributed by atoms with Crippen LogP contribution in [0, 0.1) is 0 Å². The molecule has 0 aliphatic carbocycles. The van der Waals surface area contributed by atoms with Crippen LogP contribution in [0.5, 0.6) is 0 Å². The van der Waals surface area contributed by atoms with Gasteiger partial charge in [0.25, 0.3) is 0 Å². The van der Waals surface area contributed by atoms with Gasteiger partial charge in [-0.15, -0.1) is 0 Å². The summed E-state index contributed by atoms with van der Waals surface area (Å²) in [5, 5.41) is 9.30. The van der Waals surface area contributed by atoms with Crippen LogP contribution in [0.4, 0.5) is 5.82 Å². The molecule has 0 spiro atoms. The van der Waals surface area contributed by atoms with Gasteiger partial charge in [0, 0.05) is 13.1 Å². The van der Waals surface area contributed by atoms with E-state index in [2.05, 4.69) is 28.6 Å². The van der Waals surface area contributed by atoms with E-state index in [0.29, 0.717) is 5.82 Å². The van der Waals surface area contributed by atoms with Gasteiger partial charge in [-0.2, -0.15) is 0 Å². The third kappa shape index (κ3) is 5.52. The smallest absolute Gasteiger partial charge is 0.335 e. The van der Waals surface area contributed by atoms with Crippen molar-refractivity contribution in [2.45, 2.75) is 27.2 Å². The molecule has 0 amide bonds. The number of pyridine rings is 1. The first-order chi connectivity index (χ1) is 10.0. The Bertz CT molecular complexity index is 464. The third-order valence-electron chi connectivity index (χ3n) is 3.53. The quantitative estimate of drug-likeness (QED) is 0.710. The lowest BCUT2D eigenvalue weighted by atomic mass is 10.2. The van der Waals surface area contributed by atoms with Gasteiger partial charge in [-0.3, -0.25) is 0 Å². The maximum Gasteiger partial charge on any atom is 0.335 e. The number of rotatable bonds is 9. The number of anilines is 1. The Hall–Kier alpha value is -1.33. The molecule has 0 saturated carbocycles. The zero-order valence-electron chi connectivity index (χ0n) is 13.0. The average molecular weight is 314 g/mol. The van der Waals surface area contributed by atoms with E-state index in [4.69, 9.17) is 16.7 Å². The van der Waals surface area contributed by atoms with Crippen molar-refractivity contribution in [3.05, 3.63) is 22.8 Å². The molecule has 1 heterocycles. The second-order valence-electron chi connectivity index (χ2n) is 4.80. The lowest BCUT2D eigenvalue weighted by molar-refractivity contribution is 0.0697. The molecule has 0 saturated heterocycles. The van der Waals surface area contributed by atoms with E-state index in [-0.39, 0.29) is 10.7 Å². The summed E-state index contributed by atoms with van der Waals surface area (Å²) in [4.78, 5) is 19.7. The van der Waals surface area contributed by atoms with Gasteiger partial charge in [0.2, 0.25) is 0 Å². The van der Waals surface area contributed by atoms with Gasteiger partial charge in [-0.1, -0.05) is 25.4 Å². The highest BCUT2D eigenvalue weighted by molar-refractivity contribution is 6.29. The molecule has 0 unspecified atom stereocenters. The minimum atomic E-state index is -0.986. The summed E-state index contributed by atoms with van der Waals surface area (Å²) in [6.45, 7) is 11.0. The summed E-state index contributed by atoms with van der Waals surface area (Å²) >= 11 is 5.92. The summed E-state index contributed by atoms with van der Waals surface area (Å²) in [5.74, 6) is -0.360. The molecule has 0 bridgehead atoms. The SMILES string of the molecule is CCN(CC)CCCN(CC)c1cc(C(=O)O)cc(Cl)n1. The van der Waals surface area contributed by atoms with E-state index >= 15 is 0 Å². The number of hydrogen-bond acceptors (Lipinski definition) is 4. The van der Waals surface area contributed by atoms with Crippen molar-refractivity contribution < 1.29 is 9.90 Å². The number of aromatic carboxylic acids is 1. The van der Waals surface area contributed by atoms with Crippen LogP contribution < -0.4 is 4.90 Å². The second kappa shape index (κ2) is 8.85. The molecular formula is C15H24ClN3O2. The average Bonchev–Trinajstić information content (AvgIpc) is 2.47. The zero-order chi connectivity index (χ0) is 15.8. The Labute approximate surface area is 131 Å². The van der Waals surface area contributed by atoms with E-state index in [0.717, 1.165) is 39.1 Å². The number of halogens is 1. The van der Waals surface area contributed by atoms with E-state index in [9.17, 15) is 4.79 Å². The molecule has 1 N–H and O–H groups in total. The second-order valence-corrected chi connectivity index (χ2v) is 5.19. The summed E-state index contributed by atoms with van der Waals surface area (Å²) in [6.07, 6.45) is 1.01. The largest absolute Gasteiger partial charge is 0.478 e. The van der Waals surface area contributed by atoms with Crippen molar-refractivity contribution in [2.24, 2.45) is 0 Å². The first-order valence-electron chi connectivity index (χ1n) is 7.39. The molecule has 5 nitrogen and oxygen atoms in total. The molecule has 0 fully saturated rings. The van der Waals surface area contributed by atoms with Gasteiger partial charge in [0.15, 0.2) is 0 Å². The van der Waals surface area contributed by atoms with Crippen molar-refractivity contribution in [3.8, 4) is 0 Å². The number of nitrogens with zero attached hydrogens (tertiary/aromatic N) is 3. The normalized spacial score (nSPS) is 10.9. The number of carboxylic acids is 1. The summed E-state index contributed by atoms with van der Waals surface area (Å²) in [6, 6.07) is 2.95. The van der Waals surface area contributed by atoms with E-state index in [1.165, 1.54) is 6.07 Å². The van der Waals surface area contributed by atoms with Crippen molar-refractivity contribution in [1.82, 2.24) is 9.88 Å². The van der Waals surface area contributed by atoms with Crippen molar-refractivity contribution in [2.75, 3.05) is 37.6 Å². The molecule has 1 rings (SSSR count). The first kappa shape index (κ1) is 17.7. The summed E-state index contributed by atoms with van der Waals surface area (Å²) in [5.41, 5.74) is 0.173. The van der Waals surface area contributed by atoms with Gasteiger partial charge in [-0.25, -0.2) is 9.78 Å². The molecule has 6 heteroatoms. The maximum atomic E-state index is 11.1. The van der Waals surface area contributed by atoms with Crippen LogP contribution in [-0.4, -0.2) is 53.7 Å². The predicted molar refractivity (Wildman–Crippen MR) is 86.5 cm³/mol. The van der Waals surface area contributed by atoms with Crippen LogP contribution >= 0.6 is 11.6 Å². The Morgan fingerprint density at radius 3 is 2.38 bits per heavy atom. The number of carboxylic acid groups (broad SMARTS) is 1. The molecule has 0 aliphatic rings. The maximum absolute atomic E-state index is 11.1. The molecular weight excluding hydrogens is 290 g/mol. The summed E-state index contributed by atoms with van der Waals surface area (Å²) < 4.78 is 0. The lowest BCUT2D eigenvalue weighted by Crippen LogP contribution is -2.30. The van der Waals surface area contributed by atoms with Gasteiger partial charge < -0.3 is 14.9 Å². The van der Waals surface area contributed by atoms with Crippen molar-refractivity contribution in [3.63, 3.8) is 0 Å². The van der Waals surface area contributed by atoms with Gasteiger partial charge in [0.1, 0.15) is 11.0 Å². The van der Waals surface area contributed by atoms with E-state index < -0.39 is 5.97 Å². The van der Waals surface area contributed by atoms with Crippen molar-refractivity contribution in [1.29, 1.82) is 0 Å². The zero-order valence-corrected chi connectivity index (χ0v) is 13.7. The third-order valence-corrected chi connectivity index (χ3v) is 3.72. The molecule has 0 aromatic carbocycles. The Kier molecular flexibility index (Phi) is 7.47. The van der Waals surface area contributed by atoms with Crippen LogP contribution in [0.3, 0.4) is 0 Å². The minimum Gasteiger partial charge on any atom is -0.478 e. The standard InChI is InChI=1S/C15H24ClN3O2/c1-4-18(5-2)8-7-9-19(6-3)14-11-12(15(20)21)10-13(16)17-14/h10-11H,4-9H2,1-3H3,(H,20,21). The summed E-state index contributed by atoms with van der Waals surface area (Å²) in [7, 11) is 0. The van der Waals surface area contributed by atoms with Gasteiger partial charge in [-0.05, 0) is 45.1 Å². The van der Waals surface area contributed by atoms with Gasteiger partial charge >= 0.3 is 5.97 Å². The van der Waals surface area contributed by atoms with Crippen LogP contribution in [0.15, 0.2) is 12.1 Å².